The zero-order valence-corrected chi connectivity index (χ0v) is 6.25. The number of rotatable bonds is 1. The third-order valence-corrected chi connectivity index (χ3v) is 1.42. The Morgan fingerprint density at radius 2 is 1.07 bits per heavy atom. The third kappa shape index (κ3) is 1.30. The van der Waals surface area contributed by atoms with Gasteiger partial charge in [-0.25, -0.2) is 26.7 Å². The Kier molecular flexibility index (Phi) is 2.41. The second-order valence-corrected chi connectivity index (χ2v) is 2.25. The smallest absolute Gasteiger partial charge is 0.341 e. The Morgan fingerprint density at radius 3 is 1.36 bits per heavy atom. The lowest BCUT2D eigenvalue weighted by Gasteiger charge is -2.03. The van der Waals surface area contributed by atoms with Gasteiger partial charge < -0.3 is 5.11 Å². The summed E-state index contributed by atoms with van der Waals surface area (Å²) in [5.41, 5.74) is -1.86. The molecule has 0 heterocycles. The summed E-state index contributed by atoms with van der Waals surface area (Å²) in [6.07, 6.45) is 0. The number of hydrogen-bond acceptors (Lipinski definition) is 1. The molecule has 0 atom stereocenters. The van der Waals surface area contributed by atoms with Gasteiger partial charge in [-0.05, 0) is 0 Å². The molecule has 0 aliphatic rings. The van der Waals surface area contributed by atoms with E-state index in [4.69, 9.17) is 5.11 Å². The van der Waals surface area contributed by atoms with Crippen LogP contribution in [0.3, 0.4) is 0 Å². The van der Waals surface area contributed by atoms with Gasteiger partial charge in [0.05, 0.1) is 0 Å². The molecule has 0 aromatic heterocycles. The van der Waals surface area contributed by atoms with Crippen molar-refractivity contribution >= 4 is 5.97 Å². The van der Waals surface area contributed by atoms with E-state index in [1.54, 1.807) is 0 Å². The van der Waals surface area contributed by atoms with Crippen molar-refractivity contribution in [3.63, 3.8) is 0 Å². The first-order valence-corrected chi connectivity index (χ1v) is 3.12. The third-order valence-electron chi connectivity index (χ3n) is 1.42. The summed E-state index contributed by atoms with van der Waals surface area (Å²) in [6.45, 7) is 0. The molecule has 0 aliphatic carbocycles. The molecule has 0 radical (unpaired) electrons. The molecule has 7 heteroatoms. The van der Waals surface area contributed by atoms with Gasteiger partial charge in [-0.2, -0.15) is 0 Å². The van der Waals surface area contributed by atoms with Gasteiger partial charge in [-0.1, -0.05) is 0 Å². The fourth-order valence-corrected chi connectivity index (χ4v) is 0.793. The van der Waals surface area contributed by atoms with Gasteiger partial charge in [0.2, 0.25) is 5.82 Å². The van der Waals surface area contributed by atoms with Crippen LogP contribution in [0, 0.1) is 29.1 Å². The molecule has 76 valence electrons. The Labute approximate surface area is 73.6 Å². The summed E-state index contributed by atoms with van der Waals surface area (Å²) < 4.78 is 62.1. The summed E-state index contributed by atoms with van der Waals surface area (Å²) in [4.78, 5) is 10.1. The van der Waals surface area contributed by atoms with E-state index < -0.39 is 40.6 Å². The zero-order chi connectivity index (χ0) is 11.0. The Hall–Kier alpha value is -1.66. The Bertz CT molecular complexity index is 386. The predicted molar refractivity (Wildman–Crippen MR) is 33.2 cm³/mol. The van der Waals surface area contributed by atoms with Crippen LogP contribution in [0.15, 0.2) is 0 Å². The second-order valence-electron chi connectivity index (χ2n) is 2.25. The number of halogens is 5. The maximum atomic E-state index is 12.6. The van der Waals surface area contributed by atoms with Crippen molar-refractivity contribution in [1.82, 2.24) is 0 Å². The highest BCUT2D eigenvalue weighted by atomic mass is 19.2. The maximum absolute atomic E-state index is 12.6. The number of hydrogen-bond donors (Lipinski definition) is 1. The molecule has 0 aliphatic heterocycles. The molecule has 0 bridgehead atoms. The molecule has 1 aromatic carbocycles. The molecule has 14 heavy (non-hydrogen) atoms. The number of benzene rings is 1. The zero-order valence-electron chi connectivity index (χ0n) is 6.25. The molecule has 0 saturated heterocycles. The lowest BCUT2D eigenvalue weighted by Crippen LogP contribution is -2.11. The van der Waals surface area contributed by atoms with Gasteiger partial charge in [0, 0.05) is 0 Å². The molecule has 0 amide bonds. The highest BCUT2D eigenvalue weighted by molar-refractivity contribution is 5.88. The Morgan fingerprint density at radius 1 is 0.786 bits per heavy atom. The molecule has 2 nitrogen and oxygen atoms in total. The van der Waals surface area contributed by atoms with Gasteiger partial charge >= 0.3 is 5.97 Å². The first-order chi connectivity index (χ1) is 6.37. The molecular weight excluding hydrogens is 212 g/mol. The molecule has 1 aromatic rings. The van der Waals surface area contributed by atoms with E-state index in [-0.39, 0.29) is 0 Å². The second kappa shape index (κ2) is 3.24. The minimum absolute atomic E-state index is 1.86. The highest BCUT2D eigenvalue weighted by Gasteiger charge is 2.29. The molecule has 0 saturated carbocycles. The van der Waals surface area contributed by atoms with E-state index in [1.165, 1.54) is 0 Å². The van der Waals surface area contributed by atoms with E-state index >= 15 is 0 Å². The van der Waals surface area contributed by atoms with Gasteiger partial charge in [0.25, 0.3) is 0 Å². The highest BCUT2D eigenvalue weighted by Crippen LogP contribution is 2.22. The molecule has 1 N–H and O–H groups in total. The molecule has 0 unspecified atom stereocenters. The fourth-order valence-electron chi connectivity index (χ4n) is 0.793. The monoisotopic (exact) mass is 213 g/mol. The lowest BCUT2D eigenvalue weighted by atomic mass is 10.2. The van der Waals surface area contributed by atoms with Crippen LogP contribution in [-0.4, -0.2) is 11.1 Å². The van der Waals surface area contributed by atoms with Crippen molar-refractivity contribution in [2.45, 2.75) is 0 Å². The summed E-state index contributed by atoms with van der Waals surface area (Å²) >= 11 is 0. The predicted octanol–water partition coefficient (Wildman–Crippen LogP) is 2.08. The van der Waals surface area contributed by atoms with Crippen molar-refractivity contribution in [1.29, 1.82) is 0 Å². The van der Waals surface area contributed by atoms with Crippen LogP contribution in [0.25, 0.3) is 0 Å². The van der Waals surface area contributed by atoms with Crippen molar-refractivity contribution in [2.24, 2.45) is 0 Å². The number of carbonyl (C=O) groups is 1. The van der Waals surface area contributed by atoms with E-state index in [2.05, 4.69) is 0 Å². The van der Waals surface area contributed by atoms with Crippen molar-refractivity contribution in [3.8, 4) is 0 Å². The standard InChI is InChI=1S/C7HF5O2/c8-2-1(7(13)14)3(9)5(11)6(12)4(2)10/h(H,13,14)/i7+1. The number of carboxylic acids is 1. The van der Waals surface area contributed by atoms with Crippen molar-refractivity contribution < 1.29 is 31.9 Å². The topological polar surface area (TPSA) is 37.3 Å². The minimum Gasteiger partial charge on any atom is -0.477 e. The van der Waals surface area contributed by atoms with E-state index in [0.29, 0.717) is 0 Å². The summed E-state index contributed by atoms with van der Waals surface area (Å²) in [6, 6.07) is 0. The first kappa shape index (κ1) is 10.4. The van der Waals surface area contributed by atoms with E-state index in [1.807, 2.05) is 0 Å². The van der Waals surface area contributed by atoms with E-state index in [0.717, 1.165) is 0 Å². The van der Waals surface area contributed by atoms with Crippen molar-refractivity contribution in [2.75, 3.05) is 0 Å². The van der Waals surface area contributed by atoms with Gasteiger partial charge in [0.1, 0.15) is 5.56 Å². The fraction of sp³-hybridized carbons (Fsp3) is 0. The quantitative estimate of drug-likeness (QED) is 0.335. The number of aromatic carboxylic acids is 1. The maximum Gasteiger partial charge on any atom is 0.341 e. The van der Waals surface area contributed by atoms with Crippen molar-refractivity contribution in [3.05, 3.63) is 34.6 Å². The van der Waals surface area contributed by atoms with Crippen LogP contribution >= 0.6 is 0 Å². The first-order valence-electron chi connectivity index (χ1n) is 3.12. The van der Waals surface area contributed by atoms with Gasteiger partial charge in [0.15, 0.2) is 23.3 Å². The van der Waals surface area contributed by atoms with Crippen LogP contribution in [-0.2, 0) is 0 Å². The SMILES string of the molecule is O=[13C](O)c1c(F)c(F)c(F)c(F)c1F. The molecule has 0 fully saturated rings. The average molecular weight is 213 g/mol. The summed E-state index contributed by atoms with van der Waals surface area (Å²) in [5.74, 6) is -13.9. The molecule has 0 spiro atoms. The number of carboxylic acid groups (broad SMARTS) is 1. The summed E-state index contributed by atoms with van der Waals surface area (Å²) in [7, 11) is 0. The van der Waals surface area contributed by atoms with Gasteiger partial charge in [-0.15, -0.1) is 0 Å². The van der Waals surface area contributed by atoms with E-state index in [9.17, 15) is 26.7 Å². The Balaban J connectivity index is 3.68. The summed E-state index contributed by atoms with van der Waals surface area (Å²) in [5, 5.41) is 8.15. The normalized spacial score (nSPS) is 10.4. The van der Waals surface area contributed by atoms with Crippen LogP contribution in [0.1, 0.15) is 10.4 Å². The van der Waals surface area contributed by atoms with Crippen LogP contribution in [0.4, 0.5) is 22.0 Å². The average Bonchev–Trinajstić information content (AvgIpc) is 2.11. The van der Waals surface area contributed by atoms with Crippen LogP contribution in [0.2, 0.25) is 0 Å². The van der Waals surface area contributed by atoms with Gasteiger partial charge in [-0.3, -0.25) is 0 Å². The molecule has 1 rings (SSSR count). The molecular formula is C7HF5O2. The minimum atomic E-state index is -2.38. The lowest BCUT2D eigenvalue weighted by molar-refractivity contribution is 0.0682. The largest absolute Gasteiger partial charge is 0.477 e. The van der Waals surface area contributed by atoms with Crippen LogP contribution < -0.4 is 0 Å². The van der Waals surface area contributed by atoms with Crippen LogP contribution in [0.5, 0.6) is 0 Å².